The highest BCUT2D eigenvalue weighted by Gasteiger charge is 2.64. The number of hydrogen-bond donors (Lipinski definition) is 5. The molecule has 0 spiro atoms. The van der Waals surface area contributed by atoms with Crippen molar-refractivity contribution in [3.63, 3.8) is 0 Å². The van der Waals surface area contributed by atoms with Crippen molar-refractivity contribution in [2.24, 2.45) is 17.6 Å². The summed E-state index contributed by atoms with van der Waals surface area (Å²) in [6.07, 6.45) is 6.29. The average molecular weight is 509 g/mol. The van der Waals surface area contributed by atoms with Crippen molar-refractivity contribution in [3.05, 3.63) is 45.7 Å². The van der Waals surface area contributed by atoms with E-state index in [0.717, 1.165) is 49.7 Å². The Morgan fingerprint density at radius 2 is 1.70 bits per heavy atom. The molecule has 1 saturated heterocycles. The second-order valence-corrected chi connectivity index (χ2v) is 11.2. The van der Waals surface area contributed by atoms with Crippen molar-refractivity contribution in [2.45, 2.75) is 68.9 Å². The third-order valence-electron chi connectivity index (χ3n) is 9.41. The van der Waals surface area contributed by atoms with Crippen LogP contribution in [0.15, 0.2) is 29.0 Å². The molecule has 4 atom stereocenters. The number of likely N-dealkylation sites (tertiary alicyclic amines) is 1. The lowest BCUT2D eigenvalue weighted by atomic mass is 9.57. The molecule has 6 N–H and O–H groups in total. The number of piperidine rings is 1. The van der Waals surface area contributed by atoms with E-state index in [0.29, 0.717) is 25.4 Å². The summed E-state index contributed by atoms with van der Waals surface area (Å²) in [6, 6.07) is 2.40. The zero-order valence-corrected chi connectivity index (χ0v) is 20.6. The van der Waals surface area contributed by atoms with Crippen LogP contribution in [0.3, 0.4) is 0 Å². The number of carbonyl (C=O) groups excluding carboxylic acids is 3. The Balaban J connectivity index is 1.53. The molecule has 1 amide bonds. The van der Waals surface area contributed by atoms with E-state index in [2.05, 4.69) is 0 Å². The number of nitrogens with zero attached hydrogens (tertiary/aromatic N) is 1. The van der Waals surface area contributed by atoms with Gasteiger partial charge in [-0.1, -0.05) is 18.9 Å². The number of amides is 1. The van der Waals surface area contributed by atoms with Gasteiger partial charge >= 0.3 is 0 Å². The topological polar surface area (TPSA) is 161 Å². The van der Waals surface area contributed by atoms with Gasteiger partial charge in [-0.15, -0.1) is 0 Å². The Labute approximate surface area is 214 Å². The van der Waals surface area contributed by atoms with Gasteiger partial charge in [0.2, 0.25) is 5.78 Å². The lowest BCUT2D eigenvalue weighted by Crippen LogP contribution is -2.67. The maximum Gasteiger partial charge on any atom is 0.255 e. The molecule has 1 heterocycles. The molecule has 37 heavy (non-hydrogen) atoms. The molecule has 1 aromatic rings. The SMILES string of the molecule is NC(=O)C1=C(O)C2(O)C(=O)C3=C(O)c4c(O)ccc(C5CCC5)c4CC3CC2C(N2CCCCC2)C1=O. The van der Waals surface area contributed by atoms with Crippen LogP contribution in [0.4, 0.5) is 0 Å². The maximum absolute atomic E-state index is 14.0. The molecule has 1 aromatic carbocycles. The van der Waals surface area contributed by atoms with Crippen molar-refractivity contribution in [1.82, 2.24) is 4.90 Å². The fourth-order valence-electron chi connectivity index (χ4n) is 7.39. The highest BCUT2D eigenvalue weighted by Crippen LogP contribution is 2.54. The normalized spacial score (nSPS) is 32.5. The van der Waals surface area contributed by atoms with E-state index in [9.17, 15) is 34.8 Å². The van der Waals surface area contributed by atoms with Crippen molar-refractivity contribution in [3.8, 4) is 5.75 Å². The molecule has 1 aliphatic heterocycles. The summed E-state index contributed by atoms with van der Waals surface area (Å²) in [7, 11) is 0. The van der Waals surface area contributed by atoms with Crippen LogP contribution in [-0.2, 0) is 20.8 Å². The molecule has 9 heteroatoms. The predicted molar refractivity (Wildman–Crippen MR) is 133 cm³/mol. The summed E-state index contributed by atoms with van der Waals surface area (Å²) in [5, 5.41) is 45.0. The van der Waals surface area contributed by atoms with Crippen LogP contribution in [-0.4, -0.2) is 67.5 Å². The zero-order valence-electron chi connectivity index (χ0n) is 20.6. The van der Waals surface area contributed by atoms with E-state index < -0.39 is 58.0 Å². The molecular formula is C28H32N2O7. The Bertz CT molecular complexity index is 1290. The van der Waals surface area contributed by atoms with Gasteiger partial charge in [-0.05, 0) is 80.6 Å². The minimum absolute atomic E-state index is 0.0885. The first-order valence-electron chi connectivity index (χ1n) is 13.2. The first-order valence-corrected chi connectivity index (χ1v) is 13.2. The van der Waals surface area contributed by atoms with Crippen LogP contribution in [0.2, 0.25) is 0 Å². The average Bonchev–Trinajstić information content (AvgIpc) is 2.82. The van der Waals surface area contributed by atoms with Gasteiger partial charge in [0.25, 0.3) is 5.91 Å². The minimum Gasteiger partial charge on any atom is -0.508 e. The summed E-state index contributed by atoms with van der Waals surface area (Å²) >= 11 is 0. The first-order chi connectivity index (χ1) is 17.7. The number of aliphatic hydroxyl groups excluding tert-OH is 2. The van der Waals surface area contributed by atoms with Gasteiger partial charge in [0.15, 0.2) is 11.4 Å². The van der Waals surface area contributed by atoms with Crippen LogP contribution in [0.25, 0.3) is 5.76 Å². The molecule has 6 rings (SSSR count). The monoisotopic (exact) mass is 508 g/mol. The number of ketones is 2. The lowest BCUT2D eigenvalue weighted by molar-refractivity contribution is -0.155. The van der Waals surface area contributed by atoms with Crippen molar-refractivity contribution in [2.75, 3.05) is 13.1 Å². The second-order valence-electron chi connectivity index (χ2n) is 11.2. The smallest absolute Gasteiger partial charge is 0.255 e. The Kier molecular flexibility index (Phi) is 5.51. The summed E-state index contributed by atoms with van der Waals surface area (Å²) in [5.41, 5.74) is 4.05. The van der Waals surface area contributed by atoms with Gasteiger partial charge in [0, 0.05) is 11.5 Å². The number of hydrogen-bond acceptors (Lipinski definition) is 8. The van der Waals surface area contributed by atoms with E-state index in [4.69, 9.17) is 5.73 Å². The van der Waals surface area contributed by atoms with Crippen LogP contribution in [0.1, 0.15) is 67.6 Å². The number of benzene rings is 1. The molecule has 0 bridgehead atoms. The molecule has 4 aliphatic carbocycles. The highest BCUT2D eigenvalue weighted by molar-refractivity contribution is 6.24. The van der Waals surface area contributed by atoms with E-state index in [1.807, 2.05) is 11.0 Å². The largest absolute Gasteiger partial charge is 0.508 e. The van der Waals surface area contributed by atoms with Gasteiger partial charge in [-0.25, -0.2) is 0 Å². The summed E-state index contributed by atoms with van der Waals surface area (Å²) in [4.78, 5) is 41.7. The van der Waals surface area contributed by atoms with E-state index >= 15 is 0 Å². The molecule has 196 valence electrons. The fourth-order valence-corrected chi connectivity index (χ4v) is 7.39. The van der Waals surface area contributed by atoms with Crippen LogP contribution >= 0.6 is 0 Å². The zero-order chi connectivity index (χ0) is 26.2. The number of Topliss-reactive ketones (excluding diaryl/α,β-unsaturated/α-hetero) is 2. The molecule has 9 nitrogen and oxygen atoms in total. The van der Waals surface area contributed by atoms with Crippen molar-refractivity contribution in [1.29, 1.82) is 0 Å². The maximum atomic E-state index is 14.0. The minimum atomic E-state index is -2.58. The van der Waals surface area contributed by atoms with Crippen molar-refractivity contribution >= 4 is 23.2 Å². The molecule has 3 fully saturated rings. The molecular weight excluding hydrogens is 476 g/mol. The molecule has 0 radical (unpaired) electrons. The Morgan fingerprint density at radius 1 is 1.00 bits per heavy atom. The lowest BCUT2D eigenvalue weighted by Gasteiger charge is -2.52. The van der Waals surface area contributed by atoms with E-state index in [1.54, 1.807) is 0 Å². The van der Waals surface area contributed by atoms with Gasteiger partial charge in [0.05, 0.1) is 11.6 Å². The van der Waals surface area contributed by atoms with Gasteiger partial charge in [-0.3, -0.25) is 19.3 Å². The van der Waals surface area contributed by atoms with Crippen LogP contribution < -0.4 is 5.73 Å². The van der Waals surface area contributed by atoms with E-state index in [-0.39, 0.29) is 23.3 Å². The number of aliphatic hydroxyl groups is 3. The number of rotatable bonds is 3. The number of fused-ring (bicyclic) bond motifs is 3. The molecule has 0 aromatic heterocycles. The Morgan fingerprint density at radius 3 is 2.32 bits per heavy atom. The van der Waals surface area contributed by atoms with Crippen molar-refractivity contribution < 1.29 is 34.8 Å². The number of phenols is 1. The number of phenolic OH excluding ortho intramolecular Hbond substituents is 1. The highest BCUT2D eigenvalue weighted by atomic mass is 16.3. The number of carbonyl (C=O) groups is 3. The predicted octanol–water partition coefficient (Wildman–Crippen LogP) is 2.16. The number of primary amides is 1. The van der Waals surface area contributed by atoms with Gasteiger partial charge in [0.1, 0.15) is 22.8 Å². The van der Waals surface area contributed by atoms with Gasteiger partial charge in [-0.2, -0.15) is 0 Å². The molecule has 2 saturated carbocycles. The number of nitrogens with two attached hydrogens (primary N) is 1. The van der Waals surface area contributed by atoms with Gasteiger partial charge < -0.3 is 26.2 Å². The molecule has 4 unspecified atom stereocenters. The Hall–Kier alpha value is -3.17. The standard InChI is InChI=1S/C28H32N2O7/c29-27(36)21-24(33)22(30-9-2-1-3-10-30)17-12-14-11-16-15(13-5-4-6-13)7-8-18(31)20(16)23(32)19(14)25(34)28(17,37)26(21)35/h7-8,13-14,17,22,31-32,35,37H,1-6,9-12H2,(H2,29,36). The third-order valence-corrected chi connectivity index (χ3v) is 9.41. The summed E-state index contributed by atoms with van der Waals surface area (Å²) in [5.74, 6) is -5.65. The first kappa shape index (κ1) is 24.2. The van der Waals surface area contributed by atoms with E-state index in [1.165, 1.54) is 6.07 Å². The number of aromatic hydroxyl groups is 1. The van der Waals surface area contributed by atoms with Crippen LogP contribution in [0, 0.1) is 11.8 Å². The third kappa shape index (κ3) is 3.26. The summed E-state index contributed by atoms with van der Waals surface area (Å²) in [6.45, 7) is 1.12. The summed E-state index contributed by atoms with van der Waals surface area (Å²) < 4.78 is 0. The molecule has 5 aliphatic rings. The quantitative estimate of drug-likeness (QED) is 0.388. The second kappa shape index (κ2) is 8.43. The van der Waals surface area contributed by atoms with Crippen LogP contribution in [0.5, 0.6) is 5.75 Å². The fraction of sp³-hybridized carbons (Fsp3) is 0.536.